The van der Waals surface area contributed by atoms with Crippen molar-refractivity contribution in [2.24, 2.45) is 0 Å². The summed E-state index contributed by atoms with van der Waals surface area (Å²) >= 11 is 1.35. The topological polar surface area (TPSA) is 79.7 Å². The third-order valence-corrected chi connectivity index (χ3v) is 4.42. The molecule has 1 aliphatic rings. The van der Waals surface area contributed by atoms with Crippen molar-refractivity contribution in [2.45, 2.75) is 23.5 Å². The molecule has 0 saturated heterocycles. The molecule has 1 N–H and O–H groups in total. The van der Waals surface area contributed by atoms with Crippen LogP contribution in [0.5, 0.6) is 0 Å². The van der Waals surface area contributed by atoms with Gasteiger partial charge in [-0.2, -0.15) is 0 Å². The van der Waals surface area contributed by atoms with E-state index in [1.54, 1.807) is 6.92 Å². The zero-order valence-corrected chi connectivity index (χ0v) is 13.3. The van der Waals surface area contributed by atoms with Gasteiger partial charge in [0.25, 0.3) is 0 Å². The van der Waals surface area contributed by atoms with Crippen LogP contribution in [0.4, 0.5) is 5.69 Å². The van der Waals surface area contributed by atoms with Crippen molar-refractivity contribution < 1.29 is 19.1 Å². The molecule has 1 aromatic rings. The second-order valence-corrected chi connectivity index (χ2v) is 5.88. The van der Waals surface area contributed by atoms with Gasteiger partial charge in [-0.05, 0) is 19.1 Å². The van der Waals surface area contributed by atoms with Crippen molar-refractivity contribution in [1.82, 2.24) is 0 Å². The lowest BCUT2D eigenvalue weighted by Gasteiger charge is -2.33. The number of fused-ring (bicyclic) bond motifs is 1. The Kier molecular flexibility index (Phi) is 5.43. The third-order valence-electron chi connectivity index (χ3n) is 3.17. The molecule has 0 saturated carbocycles. The van der Waals surface area contributed by atoms with Gasteiger partial charge in [-0.1, -0.05) is 12.1 Å². The van der Waals surface area contributed by atoms with Gasteiger partial charge >= 0.3 is 5.97 Å². The zero-order chi connectivity index (χ0) is 16.1. The highest BCUT2D eigenvalue weighted by molar-refractivity contribution is 8.01. The Balaban J connectivity index is 2.25. The number of hydrogen-bond acceptors (Lipinski definition) is 6. The van der Waals surface area contributed by atoms with Gasteiger partial charge in [-0.3, -0.25) is 15.0 Å². The average Bonchev–Trinajstić information content (AvgIpc) is 2.51. The summed E-state index contributed by atoms with van der Waals surface area (Å²) < 4.78 is 9.79. The number of rotatable bonds is 5. The number of carbonyl (C=O) groups excluding carboxylic acids is 2. The normalized spacial score (nSPS) is 16.9. The highest BCUT2D eigenvalue weighted by Gasteiger charge is 2.35. The molecule has 1 unspecified atom stereocenters. The number of nitrogens with one attached hydrogen (secondary N) is 1. The highest BCUT2D eigenvalue weighted by Crippen LogP contribution is 2.40. The maximum Gasteiger partial charge on any atom is 0.307 e. The first kappa shape index (κ1) is 16.4. The fourth-order valence-corrected chi connectivity index (χ4v) is 3.36. The Labute approximate surface area is 133 Å². The molecule has 1 aromatic carbocycles. The van der Waals surface area contributed by atoms with E-state index < -0.39 is 11.2 Å². The predicted octanol–water partition coefficient (Wildman–Crippen LogP) is 2.07. The minimum absolute atomic E-state index is 0.00932. The first-order chi connectivity index (χ1) is 10.6. The van der Waals surface area contributed by atoms with Gasteiger partial charge in [-0.15, -0.1) is 11.8 Å². The molecule has 1 amide bonds. The van der Waals surface area contributed by atoms with E-state index >= 15 is 0 Å². The lowest BCUT2D eigenvalue weighted by Crippen LogP contribution is -2.44. The number of carbonyl (C=O) groups is 2. The van der Waals surface area contributed by atoms with E-state index in [0.29, 0.717) is 6.61 Å². The number of esters is 1. The van der Waals surface area contributed by atoms with Crippen LogP contribution < -0.4 is 4.90 Å². The van der Waals surface area contributed by atoms with Gasteiger partial charge in [0.15, 0.2) is 0 Å². The summed E-state index contributed by atoms with van der Waals surface area (Å²) in [7, 11) is 1.40. The third kappa shape index (κ3) is 3.59. The van der Waals surface area contributed by atoms with Crippen LogP contribution in [0.1, 0.15) is 13.3 Å². The van der Waals surface area contributed by atoms with Gasteiger partial charge in [0.1, 0.15) is 6.54 Å². The first-order valence-corrected chi connectivity index (χ1v) is 7.78. The second kappa shape index (κ2) is 7.31. The van der Waals surface area contributed by atoms with Crippen molar-refractivity contribution in [3.8, 4) is 0 Å². The van der Waals surface area contributed by atoms with E-state index in [1.807, 2.05) is 24.3 Å². The predicted molar refractivity (Wildman–Crippen MR) is 84.4 cm³/mol. The molecule has 1 heterocycles. The minimum atomic E-state index is -0.543. The van der Waals surface area contributed by atoms with E-state index in [2.05, 4.69) is 0 Å². The van der Waals surface area contributed by atoms with Crippen LogP contribution in [-0.4, -0.2) is 43.3 Å². The molecule has 2 rings (SSSR count). The maximum atomic E-state index is 12.6. The monoisotopic (exact) mass is 322 g/mol. The van der Waals surface area contributed by atoms with Crippen LogP contribution in [0.2, 0.25) is 0 Å². The number of anilines is 1. The van der Waals surface area contributed by atoms with Crippen LogP contribution in [0, 0.1) is 5.41 Å². The molecular formula is C15H18N2O4S. The number of benzene rings is 1. The highest BCUT2D eigenvalue weighted by atomic mass is 32.2. The quantitative estimate of drug-likeness (QED) is 0.510. The largest absolute Gasteiger partial charge is 0.483 e. The Morgan fingerprint density at radius 3 is 2.82 bits per heavy atom. The smallest absolute Gasteiger partial charge is 0.307 e. The van der Waals surface area contributed by atoms with Crippen molar-refractivity contribution in [1.29, 1.82) is 5.41 Å². The molecule has 1 atom stereocenters. The van der Waals surface area contributed by atoms with E-state index in [-0.39, 0.29) is 24.8 Å². The van der Waals surface area contributed by atoms with Crippen LogP contribution in [-0.2, 0) is 19.1 Å². The standard InChI is InChI=1S/C15H18N2O4S/c1-3-21-14(18)8-12-15(19)17(9-13(16)20-2)10-6-4-5-7-11(10)22-12/h4-7,12,16H,3,8-9H2,1-2H3. The fourth-order valence-electron chi connectivity index (χ4n) is 2.15. The maximum absolute atomic E-state index is 12.6. The number of para-hydroxylation sites is 1. The number of thioether (sulfide) groups is 1. The van der Waals surface area contributed by atoms with E-state index in [9.17, 15) is 9.59 Å². The number of nitrogens with zero attached hydrogens (tertiary/aromatic N) is 1. The van der Waals surface area contributed by atoms with E-state index in [0.717, 1.165) is 10.6 Å². The molecule has 0 spiro atoms. The summed E-state index contributed by atoms with van der Waals surface area (Å²) in [4.78, 5) is 26.7. The number of ether oxygens (including phenoxy) is 2. The summed E-state index contributed by atoms with van der Waals surface area (Å²) in [6, 6.07) is 7.43. The van der Waals surface area contributed by atoms with Crippen molar-refractivity contribution in [3.05, 3.63) is 24.3 Å². The minimum Gasteiger partial charge on any atom is -0.483 e. The van der Waals surface area contributed by atoms with Gasteiger partial charge in [0.05, 0.1) is 31.1 Å². The van der Waals surface area contributed by atoms with Crippen LogP contribution >= 0.6 is 11.8 Å². The molecule has 0 aliphatic carbocycles. The van der Waals surface area contributed by atoms with Crippen molar-refractivity contribution >= 4 is 35.2 Å². The Morgan fingerprint density at radius 1 is 1.41 bits per heavy atom. The van der Waals surface area contributed by atoms with Crippen LogP contribution in [0.25, 0.3) is 0 Å². The molecule has 0 radical (unpaired) electrons. The summed E-state index contributed by atoms with van der Waals surface area (Å²) in [5.74, 6) is -0.613. The molecule has 22 heavy (non-hydrogen) atoms. The molecule has 6 nitrogen and oxygen atoms in total. The van der Waals surface area contributed by atoms with E-state index in [1.165, 1.54) is 23.8 Å². The van der Waals surface area contributed by atoms with Gasteiger partial charge in [0.2, 0.25) is 11.8 Å². The second-order valence-electron chi connectivity index (χ2n) is 4.64. The van der Waals surface area contributed by atoms with Gasteiger partial charge in [-0.25, -0.2) is 0 Å². The molecule has 118 valence electrons. The van der Waals surface area contributed by atoms with Crippen LogP contribution in [0.15, 0.2) is 29.2 Å². The molecule has 0 fully saturated rings. The zero-order valence-electron chi connectivity index (χ0n) is 12.5. The molecule has 0 bridgehead atoms. The Hall–Kier alpha value is -2.02. The fraction of sp³-hybridized carbons (Fsp3) is 0.400. The summed E-state index contributed by atoms with van der Waals surface area (Å²) in [5, 5.41) is 7.12. The van der Waals surface area contributed by atoms with Gasteiger partial charge < -0.3 is 14.4 Å². The van der Waals surface area contributed by atoms with Crippen molar-refractivity contribution in [2.75, 3.05) is 25.2 Å². The molecule has 1 aliphatic heterocycles. The molecular weight excluding hydrogens is 304 g/mol. The SMILES string of the molecule is CCOC(=O)CC1Sc2ccccc2N(CC(=N)OC)C1=O. The molecule has 7 heteroatoms. The van der Waals surface area contributed by atoms with Crippen LogP contribution in [0.3, 0.4) is 0 Å². The summed E-state index contributed by atoms with van der Waals surface area (Å²) in [6.07, 6.45) is 0.0164. The van der Waals surface area contributed by atoms with Gasteiger partial charge in [0, 0.05) is 4.90 Å². The number of methoxy groups -OCH3 is 1. The number of hydrogen-bond donors (Lipinski definition) is 1. The first-order valence-electron chi connectivity index (χ1n) is 6.91. The van der Waals surface area contributed by atoms with E-state index in [4.69, 9.17) is 14.9 Å². The summed E-state index contributed by atoms with van der Waals surface area (Å²) in [5.41, 5.74) is 0.736. The number of amides is 1. The van der Waals surface area contributed by atoms with Crippen molar-refractivity contribution in [3.63, 3.8) is 0 Å². The molecule has 0 aromatic heterocycles. The Morgan fingerprint density at radius 2 is 2.14 bits per heavy atom. The lowest BCUT2D eigenvalue weighted by atomic mass is 10.2. The lowest BCUT2D eigenvalue weighted by molar-refractivity contribution is -0.144. The summed E-state index contributed by atoms with van der Waals surface area (Å²) in [6.45, 7) is 2.07. The average molecular weight is 322 g/mol. The Bertz CT molecular complexity index is 591.